The largest absolute Gasteiger partial charge is 0.341 e. The van der Waals surface area contributed by atoms with Crippen LogP contribution in [0.25, 0.3) is 0 Å². The summed E-state index contributed by atoms with van der Waals surface area (Å²) < 4.78 is 0. The maximum atomic E-state index is 12.4. The van der Waals surface area contributed by atoms with Gasteiger partial charge in [0.05, 0.1) is 6.42 Å². The van der Waals surface area contributed by atoms with Gasteiger partial charge in [-0.3, -0.25) is 4.79 Å². The molecule has 0 bridgehead atoms. The molecule has 2 atom stereocenters. The van der Waals surface area contributed by atoms with Crippen LogP contribution in [0.2, 0.25) is 0 Å². The normalized spacial score (nSPS) is 21.7. The monoisotopic (exact) mass is 300 g/mol. The number of likely N-dealkylation sites (tertiary alicyclic amines) is 1. The Hall–Kier alpha value is -1.65. The minimum atomic E-state index is 0.217. The molecule has 1 amide bonds. The van der Waals surface area contributed by atoms with Gasteiger partial charge in [0, 0.05) is 23.9 Å². The van der Waals surface area contributed by atoms with Crippen LogP contribution in [-0.4, -0.2) is 30.4 Å². The molecular weight excluding hydrogens is 280 g/mol. The van der Waals surface area contributed by atoms with Gasteiger partial charge < -0.3 is 10.6 Å². The molecule has 1 aliphatic rings. The molecule has 0 aliphatic carbocycles. The summed E-state index contributed by atoms with van der Waals surface area (Å²) in [6, 6.07) is 14.4. The zero-order valence-electron chi connectivity index (χ0n) is 11.9. The number of hydrogen-bond acceptors (Lipinski definition) is 3. The quantitative estimate of drug-likeness (QED) is 0.943. The van der Waals surface area contributed by atoms with Crippen LogP contribution in [0.4, 0.5) is 0 Å². The van der Waals surface area contributed by atoms with Gasteiger partial charge in [0.15, 0.2) is 0 Å². The van der Waals surface area contributed by atoms with Crippen molar-refractivity contribution in [1.29, 1.82) is 0 Å². The van der Waals surface area contributed by atoms with Crippen molar-refractivity contribution in [2.24, 2.45) is 11.7 Å². The molecule has 1 aliphatic heterocycles. The summed E-state index contributed by atoms with van der Waals surface area (Å²) in [6.45, 7) is 2.19. The molecule has 1 aromatic heterocycles. The molecule has 0 spiro atoms. The van der Waals surface area contributed by atoms with Gasteiger partial charge in [0.1, 0.15) is 0 Å². The van der Waals surface area contributed by atoms with E-state index < -0.39 is 0 Å². The number of hydrogen-bond donors (Lipinski definition) is 1. The third-order valence-electron chi connectivity index (χ3n) is 4.23. The Kier molecular flexibility index (Phi) is 4.36. The summed E-state index contributed by atoms with van der Waals surface area (Å²) >= 11 is 1.64. The molecule has 21 heavy (non-hydrogen) atoms. The molecule has 0 saturated carbocycles. The molecule has 0 radical (unpaired) electrons. The van der Waals surface area contributed by atoms with E-state index >= 15 is 0 Å². The van der Waals surface area contributed by atoms with Crippen LogP contribution in [0.3, 0.4) is 0 Å². The van der Waals surface area contributed by atoms with Crippen molar-refractivity contribution < 1.29 is 4.79 Å². The molecule has 1 aromatic carbocycles. The van der Waals surface area contributed by atoms with Gasteiger partial charge in [-0.25, -0.2) is 0 Å². The first kappa shape index (κ1) is 14.3. The van der Waals surface area contributed by atoms with Crippen LogP contribution < -0.4 is 5.73 Å². The molecule has 2 N–H and O–H groups in total. The van der Waals surface area contributed by atoms with Crippen molar-refractivity contribution >= 4 is 17.2 Å². The minimum absolute atomic E-state index is 0.217. The summed E-state index contributed by atoms with van der Waals surface area (Å²) in [6.07, 6.45) is 0.510. The van der Waals surface area contributed by atoms with Crippen molar-refractivity contribution in [3.63, 3.8) is 0 Å². The maximum Gasteiger partial charge on any atom is 0.227 e. The van der Waals surface area contributed by atoms with Gasteiger partial charge in [0.25, 0.3) is 0 Å². The lowest BCUT2D eigenvalue weighted by molar-refractivity contribution is -0.129. The second-order valence-electron chi connectivity index (χ2n) is 5.57. The standard InChI is InChI=1S/C17H20N2OS/c18-10-14-11-19(17(20)9-15-7-4-8-21-15)12-16(14)13-5-2-1-3-6-13/h1-8,14,16H,9-12,18H2/t14-,16+/m1/s1. The van der Waals surface area contributed by atoms with Crippen molar-refractivity contribution in [2.75, 3.05) is 19.6 Å². The van der Waals surface area contributed by atoms with E-state index in [1.165, 1.54) is 5.56 Å². The molecule has 3 nitrogen and oxygen atoms in total. The first-order valence-electron chi connectivity index (χ1n) is 7.33. The molecule has 2 aromatic rings. The van der Waals surface area contributed by atoms with Gasteiger partial charge in [0.2, 0.25) is 5.91 Å². The van der Waals surface area contributed by atoms with E-state index in [1.807, 2.05) is 28.5 Å². The van der Waals surface area contributed by atoms with E-state index in [9.17, 15) is 4.79 Å². The van der Waals surface area contributed by atoms with Crippen molar-refractivity contribution in [3.8, 4) is 0 Å². The molecule has 1 fully saturated rings. The van der Waals surface area contributed by atoms with Crippen molar-refractivity contribution in [3.05, 3.63) is 58.3 Å². The van der Waals surface area contributed by atoms with Crippen LogP contribution in [0, 0.1) is 5.92 Å². The number of thiophene rings is 1. The van der Waals surface area contributed by atoms with Crippen LogP contribution in [0.1, 0.15) is 16.4 Å². The Morgan fingerprint density at radius 1 is 1.19 bits per heavy atom. The number of nitrogens with zero attached hydrogens (tertiary/aromatic N) is 1. The van der Waals surface area contributed by atoms with Crippen molar-refractivity contribution in [1.82, 2.24) is 4.90 Å². The fraction of sp³-hybridized carbons (Fsp3) is 0.353. The minimum Gasteiger partial charge on any atom is -0.341 e. The van der Waals surface area contributed by atoms with Crippen LogP contribution in [-0.2, 0) is 11.2 Å². The fourth-order valence-corrected chi connectivity index (χ4v) is 3.76. The third-order valence-corrected chi connectivity index (χ3v) is 5.11. The summed E-state index contributed by atoms with van der Waals surface area (Å²) in [5, 5.41) is 2.02. The predicted molar refractivity (Wildman–Crippen MR) is 86.3 cm³/mol. The van der Waals surface area contributed by atoms with Gasteiger partial charge in [-0.1, -0.05) is 36.4 Å². The van der Waals surface area contributed by atoms with Gasteiger partial charge >= 0.3 is 0 Å². The topological polar surface area (TPSA) is 46.3 Å². The van der Waals surface area contributed by atoms with E-state index in [1.54, 1.807) is 11.3 Å². The predicted octanol–water partition coefficient (Wildman–Crippen LogP) is 2.49. The summed E-state index contributed by atoms with van der Waals surface area (Å²) in [7, 11) is 0. The second-order valence-corrected chi connectivity index (χ2v) is 6.60. The number of rotatable bonds is 4. The first-order valence-corrected chi connectivity index (χ1v) is 8.21. The molecule has 1 saturated heterocycles. The number of nitrogens with two attached hydrogens (primary N) is 1. The zero-order chi connectivity index (χ0) is 14.7. The second kappa shape index (κ2) is 6.41. The Balaban J connectivity index is 1.70. The fourth-order valence-electron chi connectivity index (χ4n) is 3.07. The summed E-state index contributed by atoms with van der Waals surface area (Å²) in [5.74, 6) is 0.942. The molecule has 3 rings (SSSR count). The zero-order valence-corrected chi connectivity index (χ0v) is 12.8. The third kappa shape index (κ3) is 3.17. The highest BCUT2D eigenvalue weighted by molar-refractivity contribution is 7.10. The Labute approximate surface area is 129 Å². The van der Waals surface area contributed by atoms with E-state index in [0.29, 0.717) is 24.8 Å². The highest BCUT2D eigenvalue weighted by atomic mass is 32.1. The van der Waals surface area contributed by atoms with Crippen LogP contribution >= 0.6 is 11.3 Å². The lowest BCUT2D eigenvalue weighted by Crippen LogP contribution is -2.30. The first-order chi connectivity index (χ1) is 10.3. The summed E-state index contributed by atoms with van der Waals surface area (Å²) in [4.78, 5) is 15.6. The Morgan fingerprint density at radius 3 is 2.67 bits per heavy atom. The Bertz CT molecular complexity index is 582. The number of amides is 1. The average Bonchev–Trinajstić information content (AvgIpc) is 3.17. The number of carbonyl (C=O) groups is 1. The SMILES string of the molecule is NC[C@@H]1CN(C(=O)Cc2cccs2)C[C@H]1c1ccccc1. The molecule has 2 heterocycles. The van der Waals surface area contributed by atoms with E-state index in [4.69, 9.17) is 5.73 Å². The maximum absolute atomic E-state index is 12.4. The molecule has 0 unspecified atom stereocenters. The lowest BCUT2D eigenvalue weighted by Gasteiger charge is -2.16. The molecule has 4 heteroatoms. The Morgan fingerprint density at radius 2 is 2.00 bits per heavy atom. The number of carbonyl (C=O) groups excluding carboxylic acids is 1. The van der Waals surface area contributed by atoms with Crippen LogP contribution in [0.15, 0.2) is 47.8 Å². The highest BCUT2D eigenvalue weighted by Crippen LogP contribution is 2.32. The van der Waals surface area contributed by atoms with E-state index in [-0.39, 0.29) is 5.91 Å². The smallest absolute Gasteiger partial charge is 0.227 e. The van der Waals surface area contributed by atoms with E-state index in [2.05, 4.69) is 24.3 Å². The van der Waals surface area contributed by atoms with Gasteiger partial charge in [-0.15, -0.1) is 11.3 Å². The summed E-state index contributed by atoms with van der Waals surface area (Å²) in [5.41, 5.74) is 7.22. The average molecular weight is 300 g/mol. The van der Waals surface area contributed by atoms with Crippen molar-refractivity contribution in [2.45, 2.75) is 12.3 Å². The van der Waals surface area contributed by atoms with E-state index in [0.717, 1.165) is 18.0 Å². The lowest BCUT2D eigenvalue weighted by atomic mass is 9.89. The molecular formula is C17H20N2OS. The van der Waals surface area contributed by atoms with Gasteiger partial charge in [-0.05, 0) is 29.5 Å². The van der Waals surface area contributed by atoms with Gasteiger partial charge in [-0.2, -0.15) is 0 Å². The number of benzene rings is 1. The van der Waals surface area contributed by atoms with Crippen LogP contribution in [0.5, 0.6) is 0 Å². The highest BCUT2D eigenvalue weighted by Gasteiger charge is 2.35. The molecule has 110 valence electrons.